The second-order valence-corrected chi connectivity index (χ2v) is 6.70. The van der Waals surface area contributed by atoms with Crippen LogP contribution in [0.2, 0.25) is 0 Å². The highest BCUT2D eigenvalue weighted by molar-refractivity contribution is 5.96. The van der Waals surface area contributed by atoms with Crippen molar-refractivity contribution in [3.8, 4) is 5.75 Å². The molecular formula is C18H29N3O4. The summed E-state index contributed by atoms with van der Waals surface area (Å²) in [5.74, 6) is 0.400. The van der Waals surface area contributed by atoms with E-state index in [1.165, 1.54) is 0 Å². The van der Waals surface area contributed by atoms with Crippen LogP contribution in [0, 0.1) is 0 Å². The number of benzene rings is 1. The van der Waals surface area contributed by atoms with Gasteiger partial charge in [-0.2, -0.15) is 0 Å². The number of carbonyl (C=O) groups is 2. The van der Waals surface area contributed by atoms with E-state index in [0.29, 0.717) is 24.4 Å². The highest BCUT2D eigenvalue weighted by atomic mass is 16.6. The monoisotopic (exact) mass is 351 g/mol. The van der Waals surface area contributed by atoms with Crippen LogP contribution in [0.25, 0.3) is 0 Å². The summed E-state index contributed by atoms with van der Waals surface area (Å²) in [5.41, 5.74) is 5.50. The van der Waals surface area contributed by atoms with E-state index in [-0.39, 0.29) is 5.91 Å². The van der Waals surface area contributed by atoms with Crippen molar-refractivity contribution in [1.82, 2.24) is 5.32 Å². The van der Waals surface area contributed by atoms with Crippen LogP contribution in [0.1, 0.15) is 40.0 Å². The van der Waals surface area contributed by atoms with Crippen molar-refractivity contribution in [2.75, 3.05) is 19.0 Å². The third-order valence-electron chi connectivity index (χ3n) is 3.31. The molecule has 2 amide bonds. The van der Waals surface area contributed by atoms with Crippen LogP contribution in [0.15, 0.2) is 24.3 Å². The van der Waals surface area contributed by atoms with E-state index in [1.54, 1.807) is 52.1 Å². The van der Waals surface area contributed by atoms with Crippen LogP contribution in [-0.4, -0.2) is 37.3 Å². The third-order valence-corrected chi connectivity index (χ3v) is 3.31. The minimum atomic E-state index is -0.691. The van der Waals surface area contributed by atoms with E-state index in [9.17, 15) is 9.59 Å². The Morgan fingerprint density at radius 3 is 2.32 bits per heavy atom. The number of hydrogen-bond acceptors (Lipinski definition) is 5. The molecule has 0 fully saturated rings. The van der Waals surface area contributed by atoms with Crippen LogP contribution in [-0.2, 0) is 9.53 Å². The first-order valence-electron chi connectivity index (χ1n) is 8.39. The molecule has 7 nitrogen and oxygen atoms in total. The maximum atomic E-state index is 12.5. The number of ether oxygens (including phenoxy) is 2. The fourth-order valence-corrected chi connectivity index (χ4v) is 2.12. The zero-order chi connectivity index (χ0) is 18.9. The number of nitrogens with one attached hydrogen (secondary N) is 2. The number of carbonyl (C=O) groups excluding carboxylic acids is 2. The molecule has 0 spiro atoms. The lowest BCUT2D eigenvalue weighted by Gasteiger charge is -2.23. The standard InChI is InChI=1S/C18H29N3O4/c1-18(2,3)25-17(23)21-15(7-5-6-12-19)16(22)20-13-8-10-14(24-4)11-9-13/h8-11,15H,5-7,12,19H2,1-4H3,(H,20,22)(H,21,23). The van der Waals surface area contributed by atoms with Crippen molar-refractivity contribution in [2.24, 2.45) is 5.73 Å². The number of amides is 2. The molecule has 0 aliphatic carbocycles. The molecule has 1 aromatic rings. The maximum absolute atomic E-state index is 12.5. The zero-order valence-electron chi connectivity index (χ0n) is 15.4. The predicted octanol–water partition coefficient (Wildman–Crippen LogP) is 2.66. The topological polar surface area (TPSA) is 103 Å². The maximum Gasteiger partial charge on any atom is 0.408 e. The van der Waals surface area contributed by atoms with Crippen LogP contribution >= 0.6 is 0 Å². The molecule has 0 saturated carbocycles. The molecule has 0 aromatic heterocycles. The van der Waals surface area contributed by atoms with Gasteiger partial charge in [-0.15, -0.1) is 0 Å². The van der Waals surface area contributed by atoms with Crippen molar-refractivity contribution in [1.29, 1.82) is 0 Å². The van der Waals surface area contributed by atoms with Gasteiger partial charge >= 0.3 is 6.09 Å². The Kier molecular flexibility index (Phi) is 8.21. The summed E-state index contributed by atoms with van der Waals surface area (Å²) >= 11 is 0. The van der Waals surface area contributed by atoms with Gasteiger partial charge in [-0.1, -0.05) is 0 Å². The molecule has 0 saturated heterocycles. The number of nitrogens with two attached hydrogens (primary N) is 1. The van der Waals surface area contributed by atoms with Gasteiger partial charge in [0.05, 0.1) is 7.11 Å². The van der Waals surface area contributed by atoms with Gasteiger partial charge < -0.3 is 25.8 Å². The van der Waals surface area contributed by atoms with Crippen LogP contribution in [0.4, 0.5) is 10.5 Å². The molecule has 0 aliphatic heterocycles. The fraction of sp³-hybridized carbons (Fsp3) is 0.556. The predicted molar refractivity (Wildman–Crippen MR) is 97.7 cm³/mol. The summed E-state index contributed by atoms with van der Waals surface area (Å²) in [6.07, 6.45) is 1.38. The molecule has 0 bridgehead atoms. The van der Waals surface area contributed by atoms with E-state index < -0.39 is 17.7 Å². The number of alkyl carbamates (subject to hydrolysis) is 1. The van der Waals surface area contributed by atoms with Crippen molar-refractivity contribution in [3.63, 3.8) is 0 Å². The van der Waals surface area contributed by atoms with Gasteiger partial charge in [-0.05, 0) is 70.8 Å². The fourth-order valence-electron chi connectivity index (χ4n) is 2.12. The number of hydrogen-bond donors (Lipinski definition) is 3. The number of unbranched alkanes of at least 4 members (excludes halogenated alkanes) is 1. The Labute approximate surface area is 149 Å². The Morgan fingerprint density at radius 2 is 1.80 bits per heavy atom. The summed E-state index contributed by atoms with van der Waals surface area (Å²) < 4.78 is 10.3. The highest BCUT2D eigenvalue weighted by Gasteiger charge is 2.24. The Bertz CT molecular complexity index is 552. The third kappa shape index (κ3) is 8.39. The first kappa shape index (κ1) is 20.8. The van der Waals surface area contributed by atoms with Gasteiger partial charge in [0.25, 0.3) is 0 Å². The van der Waals surface area contributed by atoms with Gasteiger partial charge in [-0.25, -0.2) is 4.79 Å². The molecule has 4 N–H and O–H groups in total. The lowest BCUT2D eigenvalue weighted by atomic mass is 10.1. The second kappa shape index (κ2) is 9.88. The first-order valence-corrected chi connectivity index (χ1v) is 8.39. The average molecular weight is 351 g/mol. The van der Waals surface area contributed by atoms with Crippen molar-refractivity contribution in [2.45, 2.75) is 51.7 Å². The molecule has 1 rings (SSSR count). The van der Waals surface area contributed by atoms with Crippen LogP contribution in [0.3, 0.4) is 0 Å². The summed E-state index contributed by atoms with van der Waals surface area (Å²) in [6.45, 7) is 5.85. The molecule has 7 heteroatoms. The Balaban J connectivity index is 2.71. The molecular weight excluding hydrogens is 322 g/mol. The molecule has 0 heterocycles. The summed E-state index contributed by atoms with van der Waals surface area (Å²) in [5, 5.41) is 5.43. The zero-order valence-corrected chi connectivity index (χ0v) is 15.4. The number of methoxy groups -OCH3 is 1. The van der Waals surface area contributed by atoms with E-state index in [0.717, 1.165) is 12.8 Å². The lowest BCUT2D eigenvalue weighted by Crippen LogP contribution is -2.45. The Morgan fingerprint density at radius 1 is 1.16 bits per heavy atom. The normalized spacial score (nSPS) is 12.2. The van der Waals surface area contributed by atoms with Crippen LogP contribution in [0.5, 0.6) is 5.75 Å². The molecule has 1 atom stereocenters. The van der Waals surface area contributed by atoms with Gasteiger partial charge in [0.1, 0.15) is 17.4 Å². The summed E-state index contributed by atoms with van der Waals surface area (Å²) in [6, 6.07) is 6.28. The van der Waals surface area contributed by atoms with E-state index in [1.807, 2.05) is 0 Å². The quantitative estimate of drug-likeness (QED) is 0.625. The van der Waals surface area contributed by atoms with Gasteiger partial charge in [0.15, 0.2) is 0 Å². The highest BCUT2D eigenvalue weighted by Crippen LogP contribution is 2.16. The molecule has 1 aromatic carbocycles. The van der Waals surface area contributed by atoms with Crippen molar-refractivity contribution >= 4 is 17.7 Å². The van der Waals surface area contributed by atoms with Crippen molar-refractivity contribution in [3.05, 3.63) is 24.3 Å². The Hall–Kier alpha value is -2.28. The number of anilines is 1. The smallest absolute Gasteiger partial charge is 0.408 e. The molecule has 0 aliphatic rings. The molecule has 140 valence electrons. The van der Waals surface area contributed by atoms with E-state index in [2.05, 4.69) is 10.6 Å². The lowest BCUT2D eigenvalue weighted by molar-refractivity contribution is -0.118. The van der Waals surface area contributed by atoms with E-state index in [4.69, 9.17) is 15.2 Å². The minimum absolute atomic E-state index is 0.298. The number of rotatable bonds is 8. The first-order chi connectivity index (χ1) is 11.7. The van der Waals surface area contributed by atoms with Gasteiger partial charge in [-0.3, -0.25) is 4.79 Å². The molecule has 0 radical (unpaired) electrons. The van der Waals surface area contributed by atoms with Crippen molar-refractivity contribution < 1.29 is 19.1 Å². The average Bonchev–Trinajstić information content (AvgIpc) is 2.53. The SMILES string of the molecule is COc1ccc(NC(=O)C(CCCCN)NC(=O)OC(C)(C)C)cc1. The summed E-state index contributed by atoms with van der Waals surface area (Å²) in [7, 11) is 1.58. The van der Waals surface area contributed by atoms with Gasteiger partial charge in [0.2, 0.25) is 5.91 Å². The largest absolute Gasteiger partial charge is 0.497 e. The molecule has 1 unspecified atom stereocenters. The summed E-state index contributed by atoms with van der Waals surface area (Å²) in [4.78, 5) is 24.5. The second-order valence-electron chi connectivity index (χ2n) is 6.70. The van der Waals surface area contributed by atoms with E-state index >= 15 is 0 Å². The van der Waals surface area contributed by atoms with Gasteiger partial charge in [0, 0.05) is 5.69 Å². The minimum Gasteiger partial charge on any atom is -0.497 e. The molecule has 25 heavy (non-hydrogen) atoms. The van der Waals surface area contributed by atoms with Crippen LogP contribution < -0.4 is 21.1 Å².